The highest BCUT2D eigenvalue weighted by Gasteiger charge is 2.30. The summed E-state index contributed by atoms with van der Waals surface area (Å²) in [5, 5.41) is 16.5. The summed E-state index contributed by atoms with van der Waals surface area (Å²) in [5.74, 6) is -1.56. The van der Waals surface area contributed by atoms with Crippen LogP contribution in [-0.2, 0) is 9.47 Å². The Balaban J connectivity index is 1.60. The lowest BCUT2D eigenvalue weighted by Gasteiger charge is -2.33. The molecule has 39 heavy (non-hydrogen) atoms. The number of nitrogens with two attached hydrogens (primary N) is 1. The lowest BCUT2D eigenvalue weighted by molar-refractivity contribution is 0.0317. The Hall–Kier alpha value is -4.53. The number of hydrogen-bond donors (Lipinski definition) is 4. The fourth-order valence-electron chi connectivity index (χ4n) is 3.86. The van der Waals surface area contributed by atoms with Crippen LogP contribution in [0.1, 0.15) is 37.6 Å². The van der Waals surface area contributed by atoms with Crippen molar-refractivity contribution in [3.63, 3.8) is 0 Å². The average Bonchev–Trinajstić information content (AvgIpc) is 3.40. The van der Waals surface area contributed by atoms with E-state index >= 15 is 4.39 Å². The number of rotatable bonds is 8. The van der Waals surface area contributed by atoms with Gasteiger partial charge in [0.1, 0.15) is 17.1 Å². The Kier molecular flexibility index (Phi) is 8.09. The number of ether oxygens (including phenoxy) is 3. The molecule has 1 aliphatic heterocycles. The maximum absolute atomic E-state index is 15.1. The van der Waals surface area contributed by atoms with Gasteiger partial charge in [-0.15, -0.1) is 5.10 Å². The van der Waals surface area contributed by atoms with Gasteiger partial charge in [0.25, 0.3) is 5.91 Å². The van der Waals surface area contributed by atoms with Crippen LogP contribution in [0.2, 0.25) is 0 Å². The van der Waals surface area contributed by atoms with E-state index in [9.17, 15) is 9.59 Å². The standard InChI is InChI=1S/C24H30FN9O5/c1-24(2,3)39-23(36)31-17-12-38-8-5-16(17)30-21-15(25)10-14(19(26)35)20(32-21)29-13-9-18(22(37-4)27-11-13)34-7-6-28-33-34/h6-7,9-11,16-17H,5,8,12H2,1-4H3,(H2,26,35)(H,31,36)(H2,29,30,32)/t16-,17+/m1/s1. The number of hydrogen-bond acceptors (Lipinski definition) is 11. The molecule has 4 rings (SSSR count). The zero-order chi connectivity index (χ0) is 28.2. The zero-order valence-corrected chi connectivity index (χ0v) is 21.9. The number of pyridine rings is 2. The van der Waals surface area contributed by atoms with Crippen LogP contribution in [0.5, 0.6) is 5.88 Å². The van der Waals surface area contributed by atoms with Gasteiger partial charge >= 0.3 is 6.09 Å². The van der Waals surface area contributed by atoms with Crippen LogP contribution in [0.15, 0.2) is 30.7 Å². The summed E-state index contributed by atoms with van der Waals surface area (Å²) in [6.07, 6.45) is 4.37. The van der Waals surface area contributed by atoms with Crippen LogP contribution in [0.4, 0.5) is 26.5 Å². The first-order chi connectivity index (χ1) is 18.5. The molecule has 4 heterocycles. The van der Waals surface area contributed by atoms with Crippen molar-refractivity contribution in [3.8, 4) is 11.6 Å². The summed E-state index contributed by atoms with van der Waals surface area (Å²) in [7, 11) is 1.46. The minimum Gasteiger partial charge on any atom is -0.479 e. The first kappa shape index (κ1) is 27.5. The second-order valence-corrected chi connectivity index (χ2v) is 9.67. The Labute approximate surface area is 223 Å². The van der Waals surface area contributed by atoms with Crippen molar-refractivity contribution in [2.24, 2.45) is 5.73 Å². The highest BCUT2D eigenvalue weighted by molar-refractivity contribution is 5.98. The predicted octanol–water partition coefficient (Wildman–Crippen LogP) is 2.14. The normalized spacial score (nSPS) is 17.3. The molecule has 0 radical (unpaired) electrons. The summed E-state index contributed by atoms with van der Waals surface area (Å²) in [6, 6.07) is 1.66. The second-order valence-electron chi connectivity index (χ2n) is 9.67. The van der Waals surface area contributed by atoms with Gasteiger partial charge in [0.2, 0.25) is 5.88 Å². The van der Waals surface area contributed by atoms with Crippen LogP contribution < -0.4 is 26.4 Å². The van der Waals surface area contributed by atoms with Crippen LogP contribution >= 0.6 is 0 Å². The Morgan fingerprint density at radius 1 is 1.23 bits per heavy atom. The molecule has 1 fully saturated rings. The highest BCUT2D eigenvalue weighted by atomic mass is 19.1. The molecule has 0 spiro atoms. The van der Waals surface area contributed by atoms with Gasteiger partial charge in [0.05, 0.1) is 55.6 Å². The fourth-order valence-corrected chi connectivity index (χ4v) is 3.86. The largest absolute Gasteiger partial charge is 0.479 e. The van der Waals surface area contributed by atoms with E-state index in [4.69, 9.17) is 19.9 Å². The van der Waals surface area contributed by atoms with Gasteiger partial charge in [-0.25, -0.2) is 23.8 Å². The minimum atomic E-state index is -0.885. The monoisotopic (exact) mass is 543 g/mol. The molecule has 14 nitrogen and oxygen atoms in total. The average molecular weight is 544 g/mol. The van der Waals surface area contributed by atoms with E-state index in [1.54, 1.807) is 33.0 Å². The summed E-state index contributed by atoms with van der Waals surface area (Å²) >= 11 is 0. The summed E-state index contributed by atoms with van der Waals surface area (Å²) in [5.41, 5.74) is 5.50. The Bertz CT molecular complexity index is 1330. The molecule has 0 aromatic carbocycles. The van der Waals surface area contributed by atoms with E-state index in [0.29, 0.717) is 24.4 Å². The van der Waals surface area contributed by atoms with Gasteiger partial charge in [-0.3, -0.25) is 4.79 Å². The van der Waals surface area contributed by atoms with Crippen LogP contribution in [0, 0.1) is 5.82 Å². The first-order valence-corrected chi connectivity index (χ1v) is 12.1. The van der Waals surface area contributed by atoms with E-state index in [0.717, 1.165) is 6.07 Å². The Morgan fingerprint density at radius 2 is 2.03 bits per heavy atom. The topological polar surface area (TPSA) is 180 Å². The third-order valence-corrected chi connectivity index (χ3v) is 5.58. The predicted molar refractivity (Wildman–Crippen MR) is 138 cm³/mol. The number of primary amides is 1. The van der Waals surface area contributed by atoms with Crippen molar-refractivity contribution < 1.29 is 28.2 Å². The molecular weight excluding hydrogens is 513 g/mol. The van der Waals surface area contributed by atoms with Gasteiger partial charge in [0, 0.05) is 6.61 Å². The van der Waals surface area contributed by atoms with Crippen molar-refractivity contribution in [3.05, 3.63) is 42.1 Å². The third kappa shape index (κ3) is 6.87. The van der Waals surface area contributed by atoms with Gasteiger partial charge < -0.3 is 35.9 Å². The van der Waals surface area contributed by atoms with Crippen molar-refractivity contribution in [1.82, 2.24) is 30.3 Å². The molecule has 1 saturated heterocycles. The zero-order valence-electron chi connectivity index (χ0n) is 21.9. The molecule has 2 atom stereocenters. The first-order valence-electron chi connectivity index (χ1n) is 12.1. The van der Waals surface area contributed by atoms with Gasteiger partial charge in [-0.1, -0.05) is 5.21 Å². The van der Waals surface area contributed by atoms with Crippen molar-refractivity contribution in [2.75, 3.05) is 31.0 Å². The van der Waals surface area contributed by atoms with Crippen LogP contribution in [0.3, 0.4) is 0 Å². The number of carbonyl (C=O) groups is 2. The number of amides is 2. The summed E-state index contributed by atoms with van der Waals surface area (Å²) in [6.45, 7) is 5.83. The molecular formula is C24H30FN9O5. The molecule has 2 amide bonds. The number of aromatic nitrogens is 5. The fraction of sp³-hybridized carbons (Fsp3) is 0.417. The number of methoxy groups -OCH3 is 1. The maximum Gasteiger partial charge on any atom is 0.408 e. The summed E-state index contributed by atoms with van der Waals surface area (Å²) < 4.78 is 32.7. The van der Waals surface area contributed by atoms with E-state index in [-0.39, 0.29) is 29.7 Å². The number of carbonyl (C=O) groups excluding carboxylic acids is 2. The van der Waals surface area contributed by atoms with Crippen molar-refractivity contribution >= 4 is 29.3 Å². The SMILES string of the molecule is COc1ncc(Nc2nc(N[C@@H]3CCOC[C@@H]3NC(=O)OC(C)(C)C)c(F)cc2C(N)=O)cc1-n1ccnn1. The Morgan fingerprint density at radius 3 is 2.69 bits per heavy atom. The number of alkyl carbamates (subject to hydrolysis) is 1. The molecule has 3 aromatic rings. The third-order valence-electron chi connectivity index (χ3n) is 5.58. The van der Waals surface area contributed by atoms with Crippen LogP contribution in [-0.4, -0.2) is 75.0 Å². The molecule has 0 unspecified atom stereocenters. The maximum atomic E-state index is 15.1. The van der Waals surface area contributed by atoms with E-state index in [1.165, 1.54) is 24.2 Å². The number of halogens is 1. The van der Waals surface area contributed by atoms with Crippen LogP contribution in [0.25, 0.3) is 5.69 Å². The van der Waals surface area contributed by atoms with E-state index in [2.05, 4.69) is 36.2 Å². The summed E-state index contributed by atoms with van der Waals surface area (Å²) in [4.78, 5) is 33.0. The lowest BCUT2D eigenvalue weighted by atomic mass is 10.0. The second kappa shape index (κ2) is 11.5. The molecule has 3 aromatic heterocycles. The number of anilines is 3. The van der Waals surface area contributed by atoms with Gasteiger partial charge in [0.15, 0.2) is 11.6 Å². The number of nitrogens with zero attached hydrogens (tertiary/aromatic N) is 5. The van der Waals surface area contributed by atoms with Crippen molar-refractivity contribution in [1.29, 1.82) is 0 Å². The van der Waals surface area contributed by atoms with Gasteiger partial charge in [-0.05, 0) is 39.3 Å². The lowest BCUT2D eigenvalue weighted by Crippen LogP contribution is -2.53. The van der Waals surface area contributed by atoms with Crippen molar-refractivity contribution in [2.45, 2.75) is 44.9 Å². The molecule has 0 saturated carbocycles. The van der Waals surface area contributed by atoms with E-state index in [1.807, 2.05) is 0 Å². The number of nitrogens with one attached hydrogen (secondary N) is 3. The van der Waals surface area contributed by atoms with E-state index < -0.39 is 35.5 Å². The molecule has 5 N–H and O–H groups in total. The minimum absolute atomic E-state index is 0.00776. The molecule has 0 aliphatic carbocycles. The molecule has 15 heteroatoms. The molecule has 0 bridgehead atoms. The smallest absolute Gasteiger partial charge is 0.408 e. The molecule has 208 valence electrons. The van der Waals surface area contributed by atoms with Gasteiger partial charge in [-0.2, -0.15) is 0 Å². The quantitative estimate of drug-likeness (QED) is 0.327. The molecule has 1 aliphatic rings. The highest BCUT2D eigenvalue weighted by Crippen LogP contribution is 2.28.